The Morgan fingerprint density at radius 3 is 2.91 bits per heavy atom. The van der Waals surface area contributed by atoms with Crippen molar-refractivity contribution in [1.29, 1.82) is 0 Å². The summed E-state index contributed by atoms with van der Waals surface area (Å²) in [4.78, 5) is 0. The first-order valence-corrected chi connectivity index (χ1v) is 3.86. The summed E-state index contributed by atoms with van der Waals surface area (Å²) in [5, 5.41) is 4.32. The lowest BCUT2D eigenvalue weighted by Gasteiger charge is -2.43. The summed E-state index contributed by atoms with van der Waals surface area (Å²) in [6.45, 7) is 2.98. The Kier molecular flexibility index (Phi) is 1.81. The molecule has 0 unspecified atom stereocenters. The van der Waals surface area contributed by atoms with E-state index in [9.17, 15) is 0 Å². The second kappa shape index (κ2) is 2.81. The van der Waals surface area contributed by atoms with Crippen LogP contribution in [-0.4, -0.2) is 43.0 Å². The normalized spacial score (nSPS) is 27.0. The molecular weight excluding hydrogens is 142 g/mol. The van der Waals surface area contributed by atoms with E-state index < -0.39 is 0 Å². The van der Waals surface area contributed by atoms with Gasteiger partial charge in [0.05, 0.1) is 12.6 Å². The van der Waals surface area contributed by atoms with Crippen molar-refractivity contribution in [3.05, 3.63) is 12.3 Å². The Balaban J connectivity index is 1.74. The van der Waals surface area contributed by atoms with Gasteiger partial charge in [-0.3, -0.25) is 0 Å². The molecule has 0 amide bonds. The summed E-state index contributed by atoms with van der Waals surface area (Å²) in [7, 11) is 1.76. The molecule has 1 N–H and O–H groups in total. The smallest absolute Gasteiger partial charge is 0.0854 e. The van der Waals surface area contributed by atoms with Gasteiger partial charge in [0.15, 0.2) is 0 Å². The molecule has 0 aromatic rings. The Labute approximate surface area is 66.4 Å². The highest BCUT2D eigenvalue weighted by Gasteiger charge is 2.31. The Hall–Kier alpha value is -0.580. The number of hydrazine groups is 2. The third kappa shape index (κ3) is 1.24. The number of hydrogen-bond acceptors (Lipinski definition) is 4. The topological polar surface area (TPSA) is 27.7 Å². The molecule has 0 saturated carbocycles. The minimum absolute atomic E-state index is 0.428. The van der Waals surface area contributed by atoms with Crippen molar-refractivity contribution in [1.82, 2.24) is 15.6 Å². The Morgan fingerprint density at radius 2 is 2.36 bits per heavy atom. The largest absolute Gasteiger partial charge is 0.379 e. The summed E-state index contributed by atoms with van der Waals surface area (Å²) in [6.07, 6.45) is 4.48. The molecule has 62 valence electrons. The third-order valence-electron chi connectivity index (χ3n) is 2.12. The van der Waals surface area contributed by atoms with Crippen LogP contribution >= 0.6 is 0 Å². The fourth-order valence-corrected chi connectivity index (χ4v) is 1.30. The van der Waals surface area contributed by atoms with E-state index in [2.05, 4.69) is 21.6 Å². The Morgan fingerprint density at radius 1 is 1.55 bits per heavy atom. The maximum atomic E-state index is 5.16. The van der Waals surface area contributed by atoms with E-state index in [0.29, 0.717) is 6.10 Å². The molecule has 0 spiro atoms. The molecule has 2 aliphatic rings. The molecule has 0 atom stereocenters. The fourth-order valence-electron chi connectivity index (χ4n) is 1.30. The van der Waals surface area contributed by atoms with Gasteiger partial charge in [0.2, 0.25) is 0 Å². The number of nitrogens with zero attached hydrogens (tertiary/aromatic N) is 2. The maximum absolute atomic E-state index is 5.16. The van der Waals surface area contributed by atoms with Gasteiger partial charge < -0.3 is 10.2 Å². The molecule has 0 radical (unpaired) electrons. The first-order chi connectivity index (χ1) is 5.40. The first-order valence-electron chi connectivity index (χ1n) is 3.86. The van der Waals surface area contributed by atoms with E-state index in [-0.39, 0.29) is 0 Å². The van der Waals surface area contributed by atoms with E-state index in [1.54, 1.807) is 7.11 Å². The fraction of sp³-hybridized carbons (Fsp3) is 0.714. The SMILES string of the molecule is COC1CN(N2CC=CN2)C1. The second-order valence-electron chi connectivity index (χ2n) is 2.84. The molecule has 2 heterocycles. The highest BCUT2D eigenvalue weighted by atomic mass is 16.5. The van der Waals surface area contributed by atoms with E-state index in [1.165, 1.54) is 0 Å². The van der Waals surface area contributed by atoms with Gasteiger partial charge >= 0.3 is 0 Å². The predicted molar refractivity (Wildman–Crippen MR) is 41.4 cm³/mol. The van der Waals surface area contributed by atoms with Crippen molar-refractivity contribution in [2.75, 3.05) is 26.7 Å². The standard InChI is InChI=1S/C7H13N3O/c1-11-7-5-9(6-7)10-4-2-3-8-10/h2-3,7-8H,4-6H2,1H3. The molecule has 11 heavy (non-hydrogen) atoms. The van der Waals surface area contributed by atoms with Crippen molar-refractivity contribution in [2.24, 2.45) is 0 Å². The molecule has 0 aliphatic carbocycles. The number of hydrogen-bond donors (Lipinski definition) is 1. The Bertz CT molecular complexity index is 157. The van der Waals surface area contributed by atoms with Gasteiger partial charge in [-0.1, -0.05) is 0 Å². The molecule has 4 nitrogen and oxygen atoms in total. The van der Waals surface area contributed by atoms with Gasteiger partial charge in [-0.2, -0.15) is 5.12 Å². The quantitative estimate of drug-likeness (QED) is 0.585. The summed E-state index contributed by atoms with van der Waals surface area (Å²) < 4.78 is 5.16. The zero-order valence-electron chi connectivity index (χ0n) is 6.66. The summed E-state index contributed by atoms with van der Waals surface area (Å²) in [6, 6.07) is 0. The first kappa shape index (κ1) is 7.09. The lowest BCUT2D eigenvalue weighted by Crippen LogP contribution is -2.61. The van der Waals surface area contributed by atoms with Crippen molar-refractivity contribution in [2.45, 2.75) is 6.10 Å². The van der Waals surface area contributed by atoms with Crippen LogP contribution in [-0.2, 0) is 4.74 Å². The number of nitrogens with one attached hydrogen (secondary N) is 1. The van der Waals surface area contributed by atoms with Crippen LogP contribution < -0.4 is 5.43 Å². The minimum atomic E-state index is 0.428. The molecular formula is C7H13N3O. The average molecular weight is 155 g/mol. The molecule has 1 saturated heterocycles. The molecule has 2 aliphatic heterocycles. The number of ether oxygens (including phenoxy) is 1. The van der Waals surface area contributed by atoms with Gasteiger partial charge in [-0.05, 0) is 6.08 Å². The molecule has 0 bridgehead atoms. The lowest BCUT2D eigenvalue weighted by molar-refractivity contribution is -0.155. The number of methoxy groups -OCH3 is 1. The molecule has 1 fully saturated rings. The van der Waals surface area contributed by atoms with Crippen LogP contribution in [0.2, 0.25) is 0 Å². The third-order valence-corrected chi connectivity index (χ3v) is 2.12. The van der Waals surface area contributed by atoms with Crippen molar-refractivity contribution in [3.8, 4) is 0 Å². The van der Waals surface area contributed by atoms with Crippen molar-refractivity contribution < 1.29 is 4.74 Å². The van der Waals surface area contributed by atoms with E-state index >= 15 is 0 Å². The van der Waals surface area contributed by atoms with Gasteiger partial charge in [-0.25, -0.2) is 5.01 Å². The highest BCUT2D eigenvalue weighted by Crippen LogP contribution is 2.13. The zero-order valence-corrected chi connectivity index (χ0v) is 6.66. The predicted octanol–water partition coefficient (Wildman–Crippen LogP) is -0.434. The zero-order chi connectivity index (χ0) is 7.68. The molecule has 2 rings (SSSR count). The maximum Gasteiger partial charge on any atom is 0.0854 e. The van der Waals surface area contributed by atoms with Crippen LogP contribution in [0.4, 0.5) is 0 Å². The minimum Gasteiger partial charge on any atom is -0.379 e. The number of rotatable bonds is 2. The summed E-state index contributed by atoms with van der Waals surface area (Å²) in [5.41, 5.74) is 3.13. The summed E-state index contributed by atoms with van der Waals surface area (Å²) in [5.74, 6) is 0. The van der Waals surface area contributed by atoms with Gasteiger partial charge in [-0.15, -0.1) is 0 Å². The molecule has 4 heteroatoms. The highest BCUT2D eigenvalue weighted by molar-refractivity contribution is 4.90. The summed E-state index contributed by atoms with van der Waals surface area (Å²) >= 11 is 0. The van der Waals surface area contributed by atoms with Crippen LogP contribution in [0.1, 0.15) is 0 Å². The van der Waals surface area contributed by atoms with Crippen LogP contribution in [0.15, 0.2) is 12.3 Å². The monoisotopic (exact) mass is 155 g/mol. The lowest BCUT2D eigenvalue weighted by atomic mass is 10.2. The average Bonchev–Trinajstić information content (AvgIpc) is 2.37. The van der Waals surface area contributed by atoms with Gasteiger partial charge in [0, 0.05) is 26.4 Å². The van der Waals surface area contributed by atoms with Crippen LogP contribution in [0, 0.1) is 0 Å². The molecule has 0 aromatic carbocycles. The van der Waals surface area contributed by atoms with Crippen LogP contribution in [0.5, 0.6) is 0 Å². The van der Waals surface area contributed by atoms with Crippen LogP contribution in [0.25, 0.3) is 0 Å². The van der Waals surface area contributed by atoms with Crippen molar-refractivity contribution in [3.63, 3.8) is 0 Å². The molecule has 0 aromatic heterocycles. The van der Waals surface area contributed by atoms with Gasteiger partial charge in [0.25, 0.3) is 0 Å². The van der Waals surface area contributed by atoms with E-state index in [4.69, 9.17) is 4.74 Å². The van der Waals surface area contributed by atoms with Crippen LogP contribution in [0.3, 0.4) is 0 Å². The van der Waals surface area contributed by atoms with Gasteiger partial charge in [0.1, 0.15) is 0 Å². The second-order valence-corrected chi connectivity index (χ2v) is 2.84. The van der Waals surface area contributed by atoms with Crippen molar-refractivity contribution >= 4 is 0 Å². The van der Waals surface area contributed by atoms with E-state index in [1.807, 2.05) is 6.20 Å². The van der Waals surface area contributed by atoms with E-state index in [0.717, 1.165) is 19.6 Å².